The maximum Gasteiger partial charge on any atom is 0.0555 e. The summed E-state index contributed by atoms with van der Waals surface area (Å²) in [5.41, 5.74) is 16.8. The van der Waals surface area contributed by atoms with E-state index in [1.807, 2.05) is 11.3 Å². The highest BCUT2D eigenvalue weighted by atomic mass is 32.1. The molecule has 0 N–H and O–H groups in total. The minimum atomic E-state index is -0.132. The van der Waals surface area contributed by atoms with Crippen LogP contribution in [0.4, 0.5) is 17.1 Å². The van der Waals surface area contributed by atoms with E-state index in [4.69, 9.17) is 0 Å². The van der Waals surface area contributed by atoms with Crippen LogP contribution < -0.4 is 4.90 Å². The molecular weight excluding hydrogens is 623 g/mol. The highest BCUT2D eigenvalue weighted by Gasteiger charge is 2.39. The third kappa shape index (κ3) is 4.00. The van der Waals surface area contributed by atoms with Gasteiger partial charge in [0.2, 0.25) is 0 Å². The lowest BCUT2D eigenvalue weighted by molar-refractivity contribution is 0.660. The van der Waals surface area contributed by atoms with Crippen molar-refractivity contribution < 1.29 is 0 Å². The molecule has 0 amide bonds. The molecule has 10 rings (SSSR count). The molecule has 0 aliphatic heterocycles. The smallest absolute Gasteiger partial charge is 0.0555 e. The fourth-order valence-electron chi connectivity index (χ4n) is 9.15. The Balaban J connectivity index is 1.27. The third-order valence-electron chi connectivity index (χ3n) is 11.5. The van der Waals surface area contributed by atoms with Gasteiger partial charge in [0.05, 0.1) is 11.4 Å². The fraction of sp³-hybridized carbons (Fsp3) is 0.125. The van der Waals surface area contributed by atoms with Gasteiger partial charge in [-0.1, -0.05) is 143 Å². The number of fused-ring (bicyclic) bond motifs is 9. The maximum absolute atomic E-state index is 2.55. The van der Waals surface area contributed by atoms with Crippen LogP contribution in [0.25, 0.3) is 53.6 Å². The van der Waals surface area contributed by atoms with Crippen molar-refractivity contribution in [3.8, 4) is 33.4 Å². The number of nitrogens with zero attached hydrogens (tertiary/aromatic N) is 1. The Morgan fingerprint density at radius 3 is 1.76 bits per heavy atom. The number of hydrogen-bond acceptors (Lipinski definition) is 2. The second-order valence-electron chi connectivity index (χ2n) is 14.9. The van der Waals surface area contributed by atoms with Gasteiger partial charge in [0, 0.05) is 42.3 Å². The van der Waals surface area contributed by atoms with E-state index in [1.165, 1.54) is 92.9 Å². The van der Waals surface area contributed by atoms with Crippen LogP contribution in [0.1, 0.15) is 49.9 Å². The monoisotopic (exact) mass is 659 g/mol. The van der Waals surface area contributed by atoms with Gasteiger partial charge < -0.3 is 4.90 Å². The molecule has 0 atom stereocenters. The van der Waals surface area contributed by atoms with Crippen molar-refractivity contribution in [3.05, 3.63) is 174 Å². The molecule has 0 bridgehead atoms. The van der Waals surface area contributed by atoms with E-state index in [0.717, 1.165) is 0 Å². The van der Waals surface area contributed by atoms with E-state index in [-0.39, 0.29) is 10.8 Å². The quantitative estimate of drug-likeness (QED) is 0.182. The van der Waals surface area contributed by atoms with E-state index in [2.05, 4.69) is 184 Å². The van der Waals surface area contributed by atoms with Gasteiger partial charge >= 0.3 is 0 Å². The van der Waals surface area contributed by atoms with E-state index >= 15 is 0 Å². The Labute approximate surface area is 298 Å². The summed E-state index contributed by atoms with van der Waals surface area (Å²) in [7, 11) is 0. The first-order valence-electron chi connectivity index (χ1n) is 17.6. The molecule has 240 valence electrons. The molecule has 1 nitrogen and oxygen atoms in total. The first-order chi connectivity index (χ1) is 24.3. The lowest BCUT2D eigenvalue weighted by Gasteiger charge is -2.31. The first kappa shape index (κ1) is 29.5. The Morgan fingerprint density at radius 1 is 0.420 bits per heavy atom. The van der Waals surface area contributed by atoms with Gasteiger partial charge in [0.15, 0.2) is 0 Å². The highest BCUT2D eigenvalue weighted by molar-refractivity contribution is 7.26. The van der Waals surface area contributed by atoms with E-state index < -0.39 is 0 Å². The molecule has 1 heterocycles. The second kappa shape index (κ2) is 10.5. The van der Waals surface area contributed by atoms with Crippen molar-refractivity contribution in [1.82, 2.24) is 0 Å². The number of anilines is 3. The third-order valence-corrected chi connectivity index (χ3v) is 12.6. The SMILES string of the molecule is CC1(C)c2ccccc2-c2ccc(N(c3ccccc3-c3cccc4c3C(C)(C)c3ccccc3-4)c3cccc4sc5ccccc5c34)cc21. The topological polar surface area (TPSA) is 3.24 Å². The summed E-state index contributed by atoms with van der Waals surface area (Å²) < 4.78 is 2.62. The predicted octanol–water partition coefficient (Wildman–Crippen LogP) is 13.8. The molecule has 1 aromatic heterocycles. The Hall–Kier alpha value is -5.44. The zero-order valence-electron chi connectivity index (χ0n) is 28.8. The summed E-state index contributed by atoms with van der Waals surface area (Å²) in [4.78, 5) is 2.55. The van der Waals surface area contributed by atoms with Gasteiger partial charge in [0.1, 0.15) is 0 Å². The van der Waals surface area contributed by atoms with Crippen LogP contribution >= 0.6 is 11.3 Å². The highest BCUT2D eigenvalue weighted by Crippen LogP contribution is 2.56. The normalized spacial score (nSPS) is 14.7. The van der Waals surface area contributed by atoms with Gasteiger partial charge in [-0.25, -0.2) is 0 Å². The maximum atomic E-state index is 2.55. The molecule has 0 unspecified atom stereocenters. The second-order valence-corrected chi connectivity index (χ2v) is 16.0. The molecule has 0 fully saturated rings. The van der Waals surface area contributed by atoms with Crippen LogP contribution in [0.15, 0.2) is 152 Å². The summed E-state index contributed by atoms with van der Waals surface area (Å²) in [6.45, 7) is 9.53. The number of para-hydroxylation sites is 1. The Bertz CT molecular complexity index is 2670. The van der Waals surface area contributed by atoms with Crippen LogP contribution in [0.3, 0.4) is 0 Å². The van der Waals surface area contributed by atoms with Crippen LogP contribution in [-0.4, -0.2) is 0 Å². The van der Waals surface area contributed by atoms with E-state index in [9.17, 15) is 0 Å². The Morgan fingerprint density at radius 2 is 0.960 bits per heavy atom. The predicted molar refractivity (Wildman–Crippen MR) is 215 cm³/mol. The fourth-order valence-corrected chi connectivity index (χ4v) is 10.3. The average molecular weight is 660 g/mol. The molecule has 2 aliphatic carbocycles. The lowest BCUT2D eigenvalue weighted by Crippen LogP contribution is -2.18. The number of thiophene rings is 1. The molecular formula is C48H37NS. The molecule has 0 spiro atoms. The van der Waals surface area contributed by atoms with Crippen LogP contribution in [0.2, 0.25) is 0 Å². The molecule has 0 saturated heterocycles. The van der Waals surface area contributed by atoms with Crippen molar-refractivity contribution in [1.29, 1.82) is 0 Å². The zero-order valence-corrected chi connectivity index (χ0v) is 29.6. The van der Waals surface area contributed by atoms with Crippen molar-refractivity contribution in [2.75, 3.05) is 4.90 Å². The standard InChI is InChI=1S/C48H37NS/c1-47(2)38-21-9-5-15-31(38)33-28-27-30(29-40(33)47)49(42-24-14-26-44-45(42)37-18-8-12-25-43(37)50-44)41-23-11-7-17-34(41)36-20-13-19-35-32-16-6-10-22-39(32)48(3,4)46(35)36/h5-29H,1-4H3. The minimum absolute atomic E-state index is 0.107. The number of hydrogen-bond donors (Lipinski definition) is 0. The largest absolute Gasteiger partial charge is 0.309 e. The van der Waals surface area contributed by atoms with Crippen molar-refractivity contribution in [2.24, 2.45) is 0 Å². The summed E-state index contributed by atoms with van der Waals surface area (Å²) in [5.74, 6) is 0. The molecule has 8 aromatic rings. The van der Waals surface area contributed by atoms with Crippen molar-refractivity contribution in [2.45, 2.75) is 38.5 Å². The van der Waals surface area contributed by atoms with Crippen LogP contribution in [0.5, 0.6) is 0 Å². The summed E-state index contributed by atoms with van der Waals surface area (Å²) in [6, 6.07) is 56.7. The van der Waals surface area contributed by atoms with E-state index in [0.29, 0.717) is 0 Å². The molecule has 50 heavy (non-hydrogen) atoms. The number of benzene rings is 7. The molecule has 0 saturated carbocycles. The molecule has 7 aromatic carbocycles. The summed E-state index contributed by atoms with van der Waals surface area (Å²) in [6.07, 6.45) is 0. The van der Waals surface area contributed by atoms with Crippen molar-refractivity contribution >= 4 is 48.6 Å². The first-order valence-corrected chi connectivity index (χ1v) is 18.4. The van der Waals surface area contributed by atoms with Crippen molar-refractivity contribution in [3.63, 3.8) is 0 Å². The lowest BCUT2D eigenvalue weighted by atomic mass is 9.78. The minimum Gasteiger partial charge on any atom is -0.309 e. The van der Waals surface area contributed by atoms with Gasteiger partial charge in [-0.2, -0.15) is 0 Å². The van der Waals surface area contributed by atoms with Crippen LogP contribution in [0, 0.1) is 0 Å². The molecule has 2 aliphatic rings. The molecule has 0 radical (unpaired) electrons. The summed E-state index contributed by atoms with van der Waals surface area (Å²) >= 11 is 1.88. The Kier molecular flexibility index (Phi) is 6.21. The summed E-state index contributed by atoms with van der Waals surface area (Å²) in [5, 5.41) is 2.61. The van der Waals surface area contributed by atoms with Gasteiger partial charge in [-0.05, 0) is 86.5 Å². The van der Waals surface area contributed by atoms with Gasteiger partial charge in [-0.3, -0.25) is 0 Å². The average Bonchev–Trinajstić information content (AvgIpc) is 3.72. The van der Waals surface area contributed by atoms with Gasteiger partial charge in [-0.15, -0.1) is 11.3 Å². The number of rotatable bonds is 4. The zero-order chi connectivity index (χ0) is 33.8. The molecule has 2 heteroatoms. The van der Waals surface area contributed by atoms with Crippen LogP contribution in [-0.2, 0) is 10.8 Å². The van der Waals surface area contributed by atoms with Gasteiger partial charge in [0.25, 0.3) is 0 Å². The van der Waals surface area contributed by atoms with E-state index in [1.54, 1.807) is 0 Å².